The van der Waals surface area contributed by atoms with Crippen molar-refractivity contribution in [3.05, 3.63) is 34.4 Å². The number of aliphatic hydroxyl groups is 3. The molecule has 9 rings (SSSR count). The van der Waals surface area contributed by atoms with Crippen molar-refractivity contribution in [1.82, 2.24) is 0 Å². The molecule has 16 unspecified atom stereocenters. The highest BCUT2D eigenvalue weighted by atomic mass is 16.8. The molecular formula is C30H36O11. The average Bonchev–Trinajstić information content (AvgIpc) is 3.49. The molecule has 5 heterocycles. The number of hydrogen-bond acceptors (Lipinski definition) is 11. The Morgan fingerprint density at radius 3 is 2.59 bits per heavy atom. The van der Waals surface area contributed by atoms with Crippen LogP contribution in [-0.4, -0.2) is 87.1 Å². The molecule has 2 spiro atoms. The summed E-state index contributed by atoms with van der Waals surface area (Å²) in [6.07, 6.45) is -1.53. The van der Waals surface area contributed by atoms with Gasteiger partial charge in [0.2, 0.25) is 0 Å². The van der Waals surface area contributed by atoms with E-state index in [0.717, 1.165) is 0 Å². The molecule has 41 heavy (non-hydrogen) atoms. The first-order chi connectivity index (χ1) is 19.4. The Morgan fingerprint density at radius 2 is 1.83 bits per heavy atom. The molecule has 8 fully saturated rings. The molecule has 0 amide bonds. The van der Waals surface area contributed by atoms with Crippen molar-refractivity contribution < 1.29 is 48.2 Å². The Balaban J connectivity index is 1.15. The van der Waals surface area contributed by atoms with Crippen molar-refractivity contribution in [2.45, 2.75) is 125 Å². The molecule has 4 saturated carbocycles. The van der Waals surface area contributed by atoms with Crippen molar-refractivity contribution in [1.29, 1.82) is 0 Å². The van der Waals surface area contributed by atoms with E-state index >= 15 is 0 Å². The number of aliphatic hydroxyl groups excluding tert-OH is 2. The zero-order valence-corrected chi connectivity index (χ0v) is 23.2. The third-order valence-corrected chi connectivity index (χ3v) is 12.8. The minimum Gasteiger partial charge on any atom is -0.431 e. The number of Topliss-reactive ketones (excluding diaryl/α,β-unsaturated/α-hetero) is 1. The number of hydrogen-bond donors (Lipinski definition) is 3. The first kappa shape index (κ1) is 25.8. The summed E-state index contributed by atoms with van der Waals surface area (Å²) in [5.74, 6) is -3.28. The quantitative estimate of drug-likeness (QED) is 0.322. The van der Waals surface area contributed by atoms with Gasteiger partial charge in [-0.05, 0) is 56.1 Å². The average molecular weight is 573 g/mol. The van der Waals surface area contributed by atoms with Gasteiger partial charge in [-0.25, -0.2) is 4.79 Å². The second-order valence-corrected chi connectivity index (χ2v) is 14.4. The number of epoxide rings is 1. The topological polar surface area (TPSA) is 157 Å². The van der Waals surface area contributed by atoms with Gasteiger partial charge in [0.25, 0.3) is 0 Å². The van der Waals surface area contributed by atoms with E-state index in [1.165, 1.54) is 12.3 Å². The van der Waals surface area contributed by atoms with Gasteiger partial charge in [0.15, 0.2) is 17.9 Å². The van der Waals surface area contributed by atoms with Gasteiger partial charge < -0.3 is 43.4 Å². The van der Waals surface area contributed by atoms with E-state index in [1.54, 1.807) is 13.0 Å². The fraction of sp³-hybridized carbons (Fsp3) is 0.800. The maximum Gasteiger partial charge on any atom is 0.335 e. The zero-order valence-electron chi connectivity index (χ0n) is 23.2. The van der Waals surface area contributed by atoms with Crippen molar-refractivity contribution in [3.8, 4) is 0 Å². The van der Waals surface area contributed by atoms with Crippen molar-refractivity contribution in [2.75, 3.05) is 0 Å². The molecule has 8 aliphatic rings. The number of rotatable bonds is 1. The Bertz CT molecular complexity index is 1390. The SMILES string of the molecule is CC1CC2OC34CC5(C)C(CC3OC(O1)C2O4)C(O)C1OC12C5C(O)C(=O)C1(C)C(c3ccc(=O)oc3)CCC12O. The van der Waals surface area contributed by atoms with Crippen LogP contribution in [0.2, 0.25) is 0 Å². The Morgan fingerprint density at radius 1 is 1.02 bits per heavy atom. The second-order valence-electron chi connectivity index (χ2n) is 14.4. The van der Waals surface area contributed by atoms with Gasteiger partial charge in [-0.15, -0.1) is 0 Å². The minimum absolute atomic E-state index is 0.0504. The third kappa shape index (κ3) is 2.68. The Hall–Kier alpha value is -1.70. The van der Waals surface area contributed by atoms with Crippen LogP contribution >= 0.6 is 0 Å². The molecule has 11 heteroatoms. The molecule has 222 valence electrons. The first-order valence-electron chi connectivity index (χ1n) is 15.0. The van der Waals surface area contributed by atoms with E-state index in [9.17, 15) is 24.9 Å². The molecule has 3 N–H and O–H groups in total. The lowest BCUT2D eigenvalue weighted by Crippen LogP contribution is -2.78. The second kappa shape index (κ2) is 7.50. The Labute approximate surface area is 236 Å². The normalized spacial score (nSPS) is 61.3. The summed E-state index contributed by atoms with van der Waals surface area (Å²) in [6, 6.07) is 2.91. The van der Waals surface area contributed by atoms with E-state index in [-0.39, 0.29) is 31.2 Å². The van der Waals surface area contributed by atoms with Crippen LogP contribution < -0.4 is 5.63 Å². The van der Waals surface area contributed by atoms with E-state index in [0.29, 0.717) is 24.8 Å². The molecule has 4 aliphatic carbocycles. The molecule has 16 atom stereocenters. The molecule has 0 aromatic carbocycles. The lowest BCUT2D eigenvalue weighted by Gasteiger charge is -2.65. The van der Waals surface area contributed by atoms with Crippen LogP contribution in [0.3, 0.4) is 0 Å². The van der Waals surface area contributed by atoms with Gasteiger partial charge in [0.05, 0.1) is 30.0 Å². The number of carbonyl (C=O) groups excluding carboxylic acids is 1. The maximum atomic E-state index is 14.4. The van der Waals surface area contributed by atoms with Crippen molar-refractivity contribution in [2.24, 2.45) is 22.7 Å². The zero-order chi connectivity index (χ0) is 28.5. The van der Waals surface area contributed by atoms with E-state index in [1.807, 2.05) is 13.8 Å². The van der Waals surface area contributed by atoms with Gasteiger partial charge >= 0.3 is 5.63 Å². The minimum atomic E-state index is -1.67. The van der Waals surface area contributed by atoms with Gasteiger partial charge in [-0.2, -0.15) is 0 Å². The van der Waals surface area contributed by atoms with E-state index in [2.05, 4.69) is 0 Å². The lowest BCUT2D eigenvalue weighted by atomic mass is 9.40. The van der Waals surface area contributed by atoms with Gasteiger partial charge in [-0.3, -0.25) is 4.79 Å². The summed E-state index contributed by atoms with van der Waals surface area (Å²) in [6.45, 7) is 5.64. The van der Waals surface area contributed by atoms with Gasteiger partial charge in [-0.1, -0.05) is 6.92 Å². The molecule has 4 saturated heterocycles. The monoisotopic (exact) mass is 572 g/mol. The number of fused-ring (bicyclic) bond motifs is 3. The first-order valence-corrected chi connectivity index (χ1v) is 15.0. The fourth-order valence-corrected chi connectivity index (χ4v) is 11.1. The number of ether oxygens (including phenoxy) is 5. The van der Waals surface area contributed by atoms with E-state index < -0.39 is 87.7 Å². The number of carbonyl (C=O) groups is 1. The summed E-state index contributed by atoms with van der Waals surface area (Å²) >= 11 is 0. The van der Waals surface area contributed by atoms with Crippen LogP contribution in [-0.2, 0) is 28.5 Å². The van der Waals surface area contributed by atoms with Crippen LogP contribution in [0.5, 0.6) is 0 Å². The molecule has 2 bridgehead atoms. The van der Waals surface area contributed by atoms with Crippen LogP contribution in [0.4, 0.5) is 0 Å². The fourth-order valence-electron chi connectivity index (χ4n) is 11.1. The summed E-state index contributed by atoms with van der Waals surface area (Å²) in [7, 11) is 0. The summed E-state index contributed by atoms with van der Waals surface area (Å²) < 4.78 is 37.3. The molecular weight excluding hydrogens is 536 g/mol. The summed E-state index contributed by atoms with van der Waals surface area (Å²) in [5, 5.41) is 36.6. The lowest BCUT2D eigenvalue weighted by molar-refractivity contribution is -0.378. The number of ketones is 1. The van der Waals surface area contributed by atoms with E-state index in [4.69, 9.17) is 28.1 Å². The summed E-state index contributed by atoms with van der Waals surface area (Å²) in [5.41, 5.74) is -5.22. The van der Waals surface area contributed by atoms with Gasteiger partial charge in [0.1, 0.15) is 35.6 Å². The van der Waals surface area contributed by atoms with Crippen molar-refractivity contribution >= 4 is 5.78 Å². The molecule has 1 aromatic heterocycles. The van der Waals surface area contributed by atoms with Gasteiger partial charge in [0, 0.05) is 30.7 Å². The molecule has 1 aromatic rings. The predicted octanol–water partition coefficient (Wildman–Crippen LogP) is 0.757. The van der Waals surface area contributed by atoms with Crippen LogP contribution in [0.25, 0.3) is 0 Å². The highest BCUT2D eigenvalue weighted by Gasteiger charge is 2.91. The highest BCUT2D eigenvalue weighted by Crippen LogP contribution is 2.78. The molecule has 0 radical (unpaired) electrons. The molecule has 4 aliphatic heterocycles. The largest absolute Gasteiger partial charge is 0.431 e. The maximum absolute atomic E-state index is 14.4. The summed E-state index contributed by atoms with van der Waals surface area (Å²) in [4.78, 5) is 26.1. The smallest absolute Gasteiger partial charge is 0.335 e. The standard InChI is InChI=1S/C30H36O11/c1-12-8-16-21-25(37-12)38-17-9-15-19(32)24-30(41-24)22(26(15,2)11-28(17,39-16)40-21)20(33)23(34)27(3)14(6-7-29(27,30)35)13-4-5-18(31)36-10-13/h4-5,10,12,14-17,19-22,24-25,32-33,35H,6-9,11H2,1-3H3. The van der Waals surface area contributed by atoms with Crippen molar-refractivity contribution in [3.63, 3.8) is 0 Å². The third-order valence-electron chi connectivity index (χ3n) is 12.8. The molecule has 11 nitrogen and oxygen atoms in total. The predicted molar refractivity (Wildman–Crippen MR) is 135 cm³/mol. The Kier molecular flexibility index (Phi) is 4.71. The van der Waals surface area contributed by atoms with Crippen LogP contribution in [0.1, 0.15) is 64.4 Å². The highest BCUT2D eigenvalue weighted by molar-refractivity contribution is 5.94. The van der Waals surface area contributed by atoms with Crippen LogP contribution in [0.15, 0.2) is 27.6 Å². The van der Waals surface area contributed by atoms with Crippen LogP contribution in [0, 0.1) is 22.7 Å².